The number of hydrogen-bond acceptors (Lipinski definition) is 5. The second kappa shape index (κ2) is 4.78. The van der Waals surface area contributed by atoms with Crippen LogP contribution in [0.1, 0.15) is 25.0 Å². The molecule has 0 spiro atoms. The third-order valence-electron chi connectivity index (χ3n) is 3.63. The van der Waals surface area contributed by atoms with Crippen LogP contribution in [0, 0.1) is 0 Å². The predicted octanol–water partition coefficient (Wildman–Crippen LogP) is 0.868. The van der Waals surface area contributed by atoms with Gasteiger partial charge in [0.05, 0.1) is 18.8 Å². The van der Waals surface area contributed by atoms with Crippen molar-refractivity contribution in [2.45, 2.75) is 31.4 Å². The van der Waals surface area contributed by atoms with Crippen molar-refractivity contribution >= 4 is 23.2 Å². The zero-order chi connectivity index (χ0) is 12.5. The topological polar surface area (TPSA) is 64.3 Å². The average Bonchev–Trinajstić information content (AvgIpc) is 2.87. The first kappa shape index (κ1) is 11.8. The maximum absolute atomic E-state index is 5.78. The quantitative estimate of drug-likeness (QED) is 0.800. The first-order valence-corrected chi connectivity index (χ1v) is 6.67. The molecule has 3 rings (SSSR count). The summed E-state index contributed by atoms with van der Waals surface area (Å²) in [5, 5.41) is 0. The average molecular weight is 264 g/mol. The molecule has 18 heavy (non-hydrogen) atoms. The zero-order valence-electron chi connectivity index (χ0n) is 10.1. The Morgan fingerprint density at radius 2 is 2.39 bits per heavy atom. The maximum atomic E-state index is 5.78. The van der Waals surface area contributed by atoms with E-state index in [4.69, 9.17) is 22.7 Å². The van der Waals surface area contributed by atoms with E-state index in [-0.39, 0.29) is 0 Å². The van der Waals surface area contributed by atoms with Crippen LogP contribution < -0.4 is 10.6 Å². The van der Waals surface area contributed by atoms with Gasteiger partial charge < -0.3 is 15.4 Å². The van der Waals surface area contributed by atoms with E-state index in [9.17, 15) is 0 Å². The van der Waals surface area contributed by atoms with Crippen LogP contribution in [0.2, 0.25) is 0 Å². The van der Waals surface area contributed by atoms with Gasteiger partial charge in [-0.15, -0.1) is 0 Å². The van der Waals surface area contributed by atoms with Crippen LogP contribution in [0.25, 0.3) is 0 Å². The first-order chi connectivity index (χ1) is 8.75. The maximum Gasteiger partial charge on any atom is 0.226 e. The SMILES string of the molecule is NC(=S)c1ccnc(N2CCOC3CCCC32)n1. The molecule has 0 amide bonds. The molecule has 2 aliphatic rings. The van der Waals surface area contributed by atoms with Crippen LogP contribution in [0.3, 0.4) is 0 Å². The van der Waals surface area contributed by atoms with E-state index in [1.54, 1.807) is 12.3 Å². The molecule has 2 fully saturated rings. The molecule has 2 atom stereocenters. The lowest BCUT2D eigenvalue weighted by atomic mass is 10.1. The lowest BCUT2D eigenvalue weighted by Crippen LogP contribution is -2.49. The number of nitrogens with two attached hydrogens (primary N) is 1. The lowest BCUT2D eigenvalue weighted by molar-refractivity contribution is 0.0250. The van der Waals surface area contributed by atoms with Crippen molar-refractivity contribution in [2.75, 3.05) is 18.1 Å². The fourth-order valence-electron chi connectivity index (χ4n) is 2.80. The van der Waals surface area contributed by atoms with E-state index >= 15 is 0 Å². The van der Waals surface area contributed by atoms with Gasteiger partial charge in [0.15, 0.2) is 0 Å². The van der Waals surface area contributed by atoms with Gasteiger partial charge in [0, 0.05) is 12.7 Å². The highest BCUT2D eigenvalue weighted by Crippen LogP contribution is 2.31. The number of thiocarbonyl (C=S) groups is 1. The van der Waals surface area contributed by atoms with Crippen molar-refractivity contribution in [3.8, 4) is 0 Å². The number of morpholine rings is 1. The number of rotatable bonds is 2. The summed E-state index contributed by atoms with van der Waals surface area (Å²) < 4.78 is 5.78. The van der Waals surface area contributed by atoms with Crippen molar-refractivity contribution in [1.82, 2.24) is 9.97 Å². The molecule has 5 nitrogen and oxygen atoms in total. The minimum Gasteiger partial charge on any atom is -0.388 e. The molecule has 0 aromatic carbocycles. The smallest absolute Gasteiger partial charge is 0.226 e. The molecule has 96 valence electrons. The number of aromatic nitrogens is 2. The van der Waals surface area contributed by atoms with Crippen LogP contribution >= 0.6 is 12.2 Å². The molecule has 0 bridgehead atoms. The Balaban J connectivity index is 1.89. The van der Waals surface area contributed by atoms with Crippen molar-refractivity contribution in [1.29, 1.82) is 0 Å². The summed E-state index contributed by atoms with van der Waals surface area (Å²) in [7, 11) is 0. The summed E-state index contributed by atoms with van der Waals surface area (Å²) in [5.41, 5.74) is 6.25. The highest BCUT2D eigenvalue weighted by atomic mass is 32.1. The lowest BCUT2D eigenvalue weighted by Gasteiger charge is -2.37. The molecular formula is C12H16N4OS. The van der Waals surface area contributed by atoms with Crippen molar-refractivity contribution < 1.29 is 4.74 Å². The van der Waals surface area contributed by atoms with Gasteiger partial charge in [-0.3, -0.25) is 0 Å². The van der Waals surface area contributed by atoms with Gasteiger partial charge in [-0.05, 0) is 25.3 Å². The molecule has 1 aliphatic carbocycles. The van der Waals surface area contributed by atoms with E-state index in [0.29, 0.717) is 22.8 Å². The van der Waals surface area contributed by atoms with Gasteiger partial charge in [-0.1, -0.05) is 12.2 Å². The third kappa shape index (κ3) is 2.06. The predicted molar refractivity (Wildman–Crippen MR) is 72.6 cm³/mol. The molecule has 0 radical (unpaired) electrons. The van der Waals surface area contributed by atoms with Gasteiger partial charge in [-0.2, -0.15) is 0 Å². The molecule has 2 heterocycles. The standard InChI is InChI=1S/C12H16N4OS/c13-11(18)8-4-5-14-12(15-8)16-6-7-17-10-3-1-2-9(10)16/h4-5,9-10H,1-3,6-7H2,(H2,13,18). The van der Waals surface area contributed by atoms with Gasteiger partial charge in [0.25, 0.3) is 0 Å². The number of ether oxygens (including phenoxy) is 1. The Kier molecular flexibility index (Phi) is 3.13. The molecule has 1 aromatic rings. The van der Waals surface area contributed by atoms with Gasteiger partial charge in [-0.25, -0.2) is 9.97 Å². The van der Waals surface area contributed by atoms with Gasteiger partial charge in [0.2, 0.25) is 5.95 Å². The normalized spacial score (nSPS) is 27.0. The molecule has 1 saturated carbocycles. The minimum atomic E-state index is 0.315. The summed E-state index contributed by atoms with van der Waals surface area (Å²) in [6.07, 6.45) is 5.54. The fourth-order valence-corrected chi connectivity index (χ4v) is 2.91. The van der Waals surface area contributed by atoms with Crippen LogP contribution in [0.4, 0.5) is 5.95 Å². The first-order valence-electron chi connectivity index (χ1n) is 6.27. The van der Waals surface area contributed by atoms with Gasteiger partial charge in [0.1, 0.15) is 10.7 Å². The second-order valence-corrected chi connectivity index (χ2v) is 5.15. The number of fused-ring (bicyclic) bond motifs is 1. The van der Waals surface area contributed by atoms with E-state index in [1.165, 1.54) is 6.42 Å². The highest BCUT2D eigenvalue weighted by Gasteiger charge is 2.37. The van der Waals surface area contributed by atoms with E-state index < -0.39 is 0 Å². The fraction of sp³-hybridized carbons (Fsp3) is 0.583. The summed E-state index contributed by atoms with van der Waals surface area (Å²) in [4.78, 5) is 11.4. The molecule has 1 saturated heterocycles. The summed E-state index contributed by atoms with van der Waals surface area (Å²) in [6.45, 7) is 1.57. The number of anilines is 1. The van der Waals surface area contributed by atoms with Crippen molar-refractivity contribution in [3.05, 3.63) is 18.0 Å². The third-order valence-corrected chi connectivity index (χ3v) is 3.84. The largest absolute Gasteiger partial charge is 0.388 e. The highest BCUT2D eigenvalue weighted by molar-refractivity contribution is 7.80. The monoisotopic (exact) mass is 264 g/mol. The molecule has 6 heteroatoms. The van der Waals surface area contributed by atoms with E-state index in [1.807, 2.05) is 0 Å². The molecule has 1 aromatic heterocycles. The summed E-state index contributed by atoms with van der Waals surface area (Å²) in [6, 6.07) is 2.15. The minimum absolute atomic E-state index is 0.315. The van der Waals surface area contributed by atoms with Crippen LogP contribution in [0.5, 0.6) is 0 Å². The summed E-state index contributed by atoms with van der Waals surface area (Å²) >= 11 is 4.96. The van der Waals surface area contributed by atoms with E-state index in [2.05, 4.69) is 14.9 Å². The molecule has 1 aliphatic heterocycles. The van der Waals surface area contributed by atoms with Crippen LogP contribution in [-0.2, 0) is 4.74 Å². The molecule has 2 unspecified atom stereocenters. The molecular weight excluding hydrogens is 248 g/mol. The van der Waals surface area contributed by atoms with Gasteiger partial charge >= 0.3 is 0 Å². The van der Waals surface area contributed by atoms with Crippen LogP contribution in [-0.4, -0.2) is 40.3 Å². The second-order valence-electron chi connectivity index (χ2n) is 4.71. The Morgan fingerprint density at radius 3 is 3.22 bits per heavy atom. The van der Waals surface area contributed by atoms with Crippen molar-refractivity contribution in [2.24, 2.45) is 5.73 Å². The Bertz CT molecular complexity index is 467. The number of hydrogen-bond donors (Lipinski definition) is 1. The van der Waals surface area contributed by atoms with Crippen LogP contribution in [0.15, 0.2) is 12.3 Å². The van der Waals surface area contributed by atoms with Crippen molar-refractivity contribution in [3.63, 3.8) is 0 Å². The Hall–Kier alpha value is -1.27. The summed E-state index contributed by atoms with van der Waals surface area (Å²) in [5.74, 6) is 0.723. The number of nitrogens with zero attached hydrogens (tertiary/aromatic N) is 3. The Morgan fingerprint density at radius 1 is 1.50 bits per heavy atom. The zero-order valence-corrected chi connectivity index (χ0v) is 10.9. The Labute approximate surface area is 111 Å². The molecule has 2 N–H and O–H groups in total. The van der Waals surface area contributed by atoms with E-state index in [0.717, 1.165) is 31.9 Å².